The van der Waals surface area contributed by atoms with Gasteiger partial charge in [-0.3, -0.25) is 4.79 Å². The highest BCUT2D eigenvalue weighted by Crippen LogP contribution is 2.21. The van der Waals surface area contributed by atoms with E-state index in [-0.39, 0.29) is 24.4 Å². The zero-order valence-corrected chi connectivity index (χ0v) is 13.5. The molecule has 0 bridgehead atoms. The van der Waals surface area contributed by atoms with Gasteiger partial charge in [-0.25, -0.2) is 0 Å². The Morgan fingerprint density at radius 1 is 1.45 bits per heavy atom. The van der Waals surface area contributed by atoms with Gasteiger partial charge < -0.3 is 20.4 Å². The Hall–Kier alpha value is -1.56. The number of halogens is 1. The summed E-state index contributed by atoms with van der Waals surface area (Å²) in [5, 5.41) is 7.35. The average Bonchev–Trinajstić information content (AvgIpc) is 2.93. The molecule has 1 aliphatic heterocycles. The van der Waals surface area contributed by atoms with Gasteiger partial charge in [0.05, 0.1) is 6.61 Å². The number of hydrogen-bond acceptors (Lipinski definition) is 3. The fourth-order valence-electron chi connectivity index (χ4n) is 2.74. The summed E-state index contributed by atoms with van der Waals surface area (Å²) in [6, 6.07) is 6.27. The standard InChI is InChI=1S/C16H21N3O2.ClH/c1-11-3-2-4-13-12(9-19-15(11)13)5-6-18-16(20)14-10-17-7-8-21-14;/h2-4,9,14,17,19H,5-8,10H2,1H3,(H,18,20);1H. The van der Waals surface area contributed by atoms with Gasteiger partial charge in [0.1, 0.15) is 6.10 Å². The highest BCUT2D eigenvalue weighted by Gasteiger charge is 2.21. The van der Waals surface area contributed by atoms with Gasteiger partial charge in [0.2, 0.25) is 5.91 Å². The number of carbonyl (C=O) groups excluding carboxylic acids is 1. The van der Waals surface area contributed by atoms with E-state index in [2.05, 4.69) is 40.7 Å². The van der Waals surface area contributed by atoms with Crippen LogP contribution in [-0.2, 0) is 16.0 Å². The van der Waals surface area contributed by atoms with Crippen molar-refractivity contribution < 1.29 is 9.53 Å². The summed E-state index contributed by atoms with van der Waals surface area (Å²) < 4.78 is 5.43. The molecule has 5 nitrogen and oxygen atoms in total. The number of aromatic nitrogens is 1. The van der Waals surface area contributed by atoms with Crippen molar-refractivity contribution in [2.75, 3.05) is 26.2 Å². The van der Waals surface area contributed by atoms with Crippen LogP contribution in [0.4, 0.5) is 0 Å². The number of amides is 1. The van der Waals surface area contributed by atoms with Crippen molar-refractivity contribution in [3.8, 4) is 0 Å². The van der Waals surface area contributed by atoms with Crippen LogP contribution in [0.1, 0.15) is 11.1 Å². The van der Waals surface area contributed by atoms with E-state index in [1.165, 1.54) is 22.0 Å². The number of aryl methyl sites for hydroxylation is 1. The van der Waals surface area contributed by atoms with Gasteiger partial charge in [-0.15, -0.1) is 12.4 Å². The molecular formula is C16H22ClN3O2. The summed E-state index contributed by atoms with van der Waals surface area (Å²) in [5.41, 5.74) is 3.65. The van der Waals surface area contributed by atoms with Crippen LogP contribution < -0.4 is 10.6 Å². The Morgan fingerprint density at radius 2 is 2.32 bits per heavy atom. The van der Waals surface area contributed by atoms with Gasteiger partial charge in [0, 0.05) is 36.7 Å². The lowest BCUT2D eigenvalue weighted by molar-refractivity contribution is -0.134. The number of hydrogen-bond donors (Lipinski definition) is 3. The van der Waals surface area contributed by atoms with Crippen LogP contribution in [0.3, 0.4) is 0 Å². The highest BCUT2D eigenvalue weighted by molar-refractivity contribution is 5.86. The first-order valence-electron chi connectivity index (χ1n) is 7.41. The predicted molar refractivity (Wildman–Crippen MR) is 89.6 cm³/mol. The number of carbonyl (C=O) groups is 1. The molecule has 0 radical (unpaired) electrons. The lowest BCUT2D eigenvalue weighted by Crippen LogP contribution is -2.48. The summed E-state index contributed by atoms with van der Waals surface area (Å²) in [6.45, 7) is 4.73. The molecule has 1 atom stereocenters. The maximum absolute atomic E-state index is 12.0. The van der Waals surface area contributed by atoms with Gasteiger partial charge in [0.15, 0.2) is 0 Å². The zero-order valence-electron chi connectivity index (χ0n) is 12.6. The fraction of sp³-hybridized carbons (Fsp3) is 0.438. The van der Waals surface area contributed by atoms with Crippen molar-refractivity contribution in [3.63, 3.8) is 0 Å². The van der Waals surface area contributed by atoms with E-state index in [0.717, 1.165) is 13.0 Å². The van der Waals surface area contributed by atoms with Gasteiger partial charge in [-0.05, 0) is 24.5 Å². The summed E-state index contributed by atoms with van der Waals surface area (Å²) in [4.78, 5) is 15.3. The quantitative estimate of drug-likeness (QED) is 0.799. The molecule has 1 aliphatic rings. The van der Waals surface area contributed by atoms with E-state index in [1.54, 1.807) is 0 Å². The van der Waals surface area contributed by atoms with E-state index in [1.807, 2.05) is 6.20 Å². The number of benzene rings is 1. The molecule has 0 spiro atoms. The second kappa shape index (κ2) is 7.63. The summed E-state index contributed by atoms with van der Waals surface area (Å²) >= 11 is 0. The van der Waals surface area contributed by atoms with Crippen molar-refractivity contribution in [2.24, 2.45) is 0 Å². The van der Waals surface area contributed by atoms with E-state index in [0.29, 0.717) is 19.7 Å². The van der Waals surface area contributed by atoms with Crippen LogP contribution in [0, 0.1) is 6.92 Å². The molecule has 2 aromatic rings. The molecule has 1 aromatic heterocycles. The zero-order chi connectivity index (χ0) is 14.7. The molecule has 1 saturated heterocycles. The van der Waals surface area contributed by atoms with Crippen molar-refractivity contribution in [1.82, 2.24) is 15.6 Å². The van der Waals surface area contributed by atoms with E-state index < -0.39 is 0 Å². The van der Waals surface area contributed by atoms with Gasteiger partial charge in [-0.1, -0.05) is 18.2 Å². The Morgan fingerprint density at radius 3 is 3.09 bits per heavy atom. The number of rotatable bonds is 4. The average molecular weight is 324 g/mol. The van der Waals surface area contributed by atoms with Crippen molar-refractivity contribution in [3.05, 3.63) is 35.5 Å². The number of nitrogens with one attached hydrogen (secondary N) is 3. The van der Waals surface area contributed by atoms with E-state index >= 15 is 0 Å². The van der Waals surface area contributed by atoms with Gasteiger partial charge >= 0.3 is 0 Å². The molecule has 6 heteroatoms. The third kappa shape index (κ3) is 3.61. The van der Waals surface area contributed by atoms with Gasteiger partial charge in [-0.2, -0.15) is 0 Å². The molecule has 1 amide bonds. The molecule has 3 rings (SSSR count). The third-order valence-corrected chi connectivity index (χ3v) is 3.92. The van der Waals surface area contributed by atoms with E-state index in [9.17, 15) is 4.79 Å². The molecule has 22 heavy (non-hydrogen) atoms. The maximum Gasteiger partial charge on any atom is 0.250 e. The van der Waals surface area contributed by atoms with Gasteiger partial charge in [0.25, 0.3) is 0 Å². The van der Waals surface area contributed by atoms with Crippen LogP contribution in [-0.4, -0.2) is 43.2 Å². The molecule has 1 aromatic carbocycles. The minimum absolute atomic E-state index is 0. The minimum atomic E-state index is -0.357. The molecule has 2 heterocycles. The summed E-state index contributed by atoms with van der Waals surface area (Å²) in [6.07, 6.45) is 2.49. The Bertz CT molecular complexity index is 635. The molecule has 0 aliphatic carbocycles. The molecule has 0 saturated carbocycles. The fourth-order valence-corrected chi connectivity index (χ4v) is 2.74. The number of fused-ring (bicyclic) bond motifs is 1. The molecule has 1 unspecified atom stereocenters. The monoisotopic (exact) mass is 323 g/mol. The Balaban J connectivity index is 0.00000176. The number of para-hydroxylation sites is 1. The molecular weight excluding hydrogens is 302 g/mol. The lowest BCUT2D eigenvalue weighted by Gasteiger charge is -2.22. The first-order valence-corrected chi connectivity index (χ1v) is 7.41. The maximum atomic E-state index is 12.0. The summed E-state index contributed by atoms with van der Waals surface area (Å²) in [5.74, 6) is -0.0294. The SMILES string of the molecule is Cc1cccc2c(CCNC(=O)C3CNCCO3)c[nH]c12.Cl. The first kappa shape index (κ1) is 16.8. The van der Waals surface area contributed by atoms with Crippen molar-refractivity contribution in [2.45, 2.75) is 19.4 Å². The van der Waals surface area contributed by atoms with Crippen LogP contribution in [0.2, 0.25) is 0 Å². The van der Waals surface area contributed by atoms with Crippen LogP contribution >= 0.6 is 12.4 Å². The molecule has 120 valence electrons. The predicted octanol–water partition coefficient (Wildman–Crippen LogP) is 1.55. The number of H-pyrrole nitrogens is 1. The molecule has 1 fully saturated rings. The Kier molecular flexibility index (Phi) is 5.83. The first-order chi connectivity index (χ1) is 10.3. The van der Waals surface area contributed by atoms with Crippen molar-refractivity contribution >= 4 is 29.2 Å². The molecule has 3 N–H and O–H groups in total. The number of morpholine rings is 1. The van der Waals surface area contributed by atoms with Crippen LogP contribution in [0.5, 0.6) is 0 Å². The van der Waals surface area contributed by atoms with Crippen LogP contribution in [0.15, 0.2) is 24.4 Å². The second-order valence-electron chi connectivity index (χ2n) is 5.42. The smallest absolute Gasteiger partial charge is 0.250 e. The van der Waals surface area contributed by atoms with Crippen LogP contribution in [0.25, 0.3) is 10.9 Å². The Labute approximate surface area is 136 Å². The second-order valence-corrected chi connectivity index (χ2v) is 5.42. The largest absolute Gasteiger partial charge is 0.366 e. The van der Waals surface area contributed by atoms with E-state index in [4.69, 9.17) is 4.74 Å². The van der Waals surface area contributed by atoms with Crippen molar-refractivity contribution in [1.29, 1.82) is 0 Å². The normalized spacial score (nSPS) is 18.0. The topological polar surface area (TPSA) is 66.2 Å². The number of aromatic amines is 1. The summed E-state index contributed by atoms with van der Waals surface area (Å²) in [7, 11) is 0. The number of ether oxygens (including phenoxy) is 1. The third-order valence-electron chi connectivity index (χ3n) is 3.92. The lowest BCUT2D eigenvalue weighted by atomic mass is 10.1. The highest BCUT2D eigenvalue weighted by atomic mass is 35.5. The minimum Gasteiger partial charge on any atom is -0.366 e.